The number of carbonyl (C=O) groups is 1. The minimum Gasteiger partial charge on any atom is -0.392 e. The van der Waals surface area contributed by atoms with E-state index in [1.165, 1.54) is 5.56 Å². The fourth-order valence-electron chi connectivity index (χ4n) is 7.31. The molecule has 3 aliphatic rings. The SMILES string of the molecule is C=C[C@]1(C)C[C@@H](O)[C@]2(C)[C@H](C)CC[C@]3(C/C(=C\c4cccc(C)c4)C(=O)[C@H]32)[C@@H](C)[C@@H]1O. The Morgan fingerprint density at radius 1 is 1.19 bits per heavy atom. The van der Waals surface area contributed by atoms with E-state index in [2.05, 4.69) is 52.5 Å². The van der Waals surface area contributed by atoms with Crippen molar-refractivity contribution >= 4 is 11.9 Å². The molecule has 0 heterocycles. The Bertz CT molecular complexity index is 932. The van der Waals surface area contributed by atoms with Gasteiger partial charge in [-0.3, -0.25) is 4.79 Å². The van der Waals surface area contributed by atoms with Crippen molar-refractivity contribution in [1.29, 1.82) is 0 Å². The highest BCUT2D eigenvalue weighted by Gasteiger charge is 2.68. The molecular weight excluding hydrogens is 384 g/mol. The fourth-order valence-corrected chi connectivity index (χ4v) is 7.31. The van der Waals surface area contributed by atoms with Crippen LogP contribution in [0, 0.1) is 40.9 Å². The molecule has 0 unspecified atom stereocenters. The van der Waals surface area contributed by atoms with Crippen LogP contribution in [0.2, 0.25) is 0 Å². The molecule has 0 amide bonds. The average molecular weight is 423 g/mol. The third kappa shape index (κ3) is 3.11. The highest BCUT2D eigenvalue weighted by Crippen LogP contribution is 2.68. The molecular formula is C28H38O3. The summed E-state index contributed by atoms with van der Waals surface area (Å²) in [5.41, 5.74) is 1.64. The summed E-state index contributed by atoms with van der Waals surface area (Å²) in [6, 6.07) is 8.24. The van der Waals surface area contributed by atoms with Crippen molar-refractivity contribution in [2.45, 2.75) is 72.5 Å². The second kappa shape index (κ2) is 7.42. The van der Waals surface area contributed by atoms with Crippen LogP contribution in [0.3, 0.4) is 0 Å². The van der Waals surface area contributed by atoms with Crippen molar-refractivity contribution < 1.29 is 15.0 Å². The molecule has 8 atom stereocenters. The summed E-state index contributed by atoms with van der Waals surface area (Å²) >= 11 is 0. The predicted octanol–water partition coefficient (Wildman–Crippen LogP) is 5.34. The smallest absolute Gasteiger partial charge is 0.163 e. The van der Waals surface area contributed by atoms with E-state index in [4.69, 9.17) is 0 Å². The Morgan fingerprint density at radius 3 is 2.55 bits per heavy atom. The Labute approximate surface area is 187 Å². The predicted molar refractivity (Wildman–Crippen MR) is 125 cm³/mol. The summed E-state index contributed by atoms with van der Waals surface area (Å²) < 4.78 is 0. The minimum absolute atomic E-state index is 0.0628. The van der Waals surface area contributed by atoms with Gasteiger partial charge in [0.1, 0.15) is 0 Å². The minimum atomic E-state index is -0.667. The zero-order valence-corrected chi connectivity index (χ0v) is 19.7. The van der Waals surface area contributed by atoms with Crippen LogP contribution in [0.25, 0.3) is 6.08 Å². The summed E-state index contributed by atoms with van der Waals surface area (Å²) in [5.74, 6) is 0.0799. The molecule has 168 valence electrons. The van der Waals surface area contributed by atoms with Gasteiger partial charge >= 0.3 is 0 Å². The van der Waals surface area contributed by atoms with Crippen molar-refractivity contribution in [3.8, 4) is 0 Å². The van der Waals surface area contributed by atoms with Crippen LogP contribution in [0.5, 0.6) is 0 Å². The van der Waals surface area contributed by atoms with Gasteiger partial charge in [0.15, 0.2) is 5.78 Å². The molecule has 4 rings (SSSR count). The summed E-state index contributed by atoms with van der Waals surface area (Å²) in [7, 11) is 0. The number of ketones is 1. The van der Waals surface area contributed by atoms with Gasteiger partial charge < -0.3 is 10.2 Å². The molecule has 3 aliphatic carbocycles. The van der Waals surface area contributed by atoms with Gasteiger partial charge in [0, 0.05) is 16.7 Å². The number of aryl methyl sites for hydroxylation is 1. The highest BCUT2D eigenvalue weighted by molar-refractivity contribution is 6.04. The van der Waals surface area contributed by atoms with Crippen LogP contribution in [-0.2, 0) is 4.79 Å². The zero-order valence-electron chi connectivity index (χ0n) is 19.7. The number of Topliss-reactive ketones (excluding diaryl/α,β-unsaturated/α-hetero) is 1. The Morgan fingerprint density at radius 2 is 1.90 bits per heavy atom. The van der Waals surface area contributed by atoms with Gasteiger partial charge in [-0.25, -0.2) is 0 Å². The normalized spacial score (nSPS) is 46.4. The molecule has 2 bridgehead atoms. The third-order valence-electron chi connectivity index (χ3n) is 9.66. The van der Waals surface area contributed by atoms with E-state index >= 15 is 0 Å². The summed E-state index contributed by atoms with van der Waals surface area (Å²) in [6.07, 6.45) is 5.53. The molecule has 1 aromatic carbocycles. The van der Waals surface area contributed by atoms with Gasteiger partial charge in [0.25, 0.3) is 0 Å². The largest absolute Gasteiger partial charge is 0.392 e. The van der Waals surface area contributed by atoms with E-state index in [0.29, 0.717) is 12.8 Å². The molecule has 0 spiro atoms. The topological polar surface area (TPSA) is 57.5 Å². The first-order valence-corrected chi connectivity index (χ1v) is 11.8. The van der Waals surface area contributed by atoms with Gasteiger partial charge in [-0.15, -0.1) is 6.58 Å². The van der Waals surface area contributed by atoms with Crippen molar-refractivity contribution in [1.82, 2.24) is 0 Å². The standard InChI is InChI=1S/C28H38O3/c1-7-26(5)16-22(29)27(6)18(3)11-12-28(19(4)25(26)31)15-21(23(30)24(27)28)14-20-10-8-9-17(2)13-20/h7-10,13-14,18-19,22,24-25,29,31H,1,11-12,15-16H2,2-6H3/b21-14+/t18-,19+,22-,24+,25+,26-,27+,28+/m1/s1. The summed E-state index contributed by atoms with van der Waals surface area (Å²) in [5, 5.41) is 23.1. The molecule has 3 fully saturated rings. The van der Waals surface area contributed by atoms with E-state index in [0.717, 1.165) is 24.0 Å². The van der Waals surface area contributed by atoms with E-state index in [1.807, 2.05) is 25.1 Å². The lowest BCUT2D eigenvalue weighted by Gasteiger charge is -2.61. The molecule has 3 nitrogen and oxygen atoms in total. The van der Waals surface area contributed by atoms with Gasteiger partial charge in [0.05, 0.1) is 12.2 Å². The number of rotatable bonds is 2. The molecule has 3 heteroatoms. The fraction of sp³-hybridized carbons (Fsp3) is 0.607. The zero-order chi connectivity index (χ0) is 22.8. The van der Waals surface area contributed by atoms with Crippen LogP contribution >= 0.6 is 0 Å². The maximum Gasteiger partial charge on any atom is 0.163 e. The second-order valence-electron chi connectivity index (χ2n) is 11.3. The molecule has 3 saturated carbocycles. The molecule has 1 aromatic rings. The molecule has 0 aromatic heterocycles. The number of hydrogen-bond donors (Lipinski definition) is 2. The number of hydrogen-bond acceptors (Lipinski definition) is 3. The number of benzene rings is 1. The summed E-state index contributed by atoms with van der Waals surface area (Å²) in [4.78, 5) is 14.0. The lowest BCUT2D eigenvalue weighted by atomic mass is 9.44. The maximum absolute atomic E-state index is 14.0. The van der Waals surface area contributed by atoms with Crippen LogP contribution < -0.4 is 0 Å². The molecule has 0 saturated heterocycles. The second-order valence-corrected chi connectivity index (χ2v) is 11.3. The highest BCUT2D eigenvalue weighted by atomic mass is 16.3. The number of allylic oxidation sites excluding steroid dienone is 1. The van der Waals surface area contributed by atoms with Crippen molar-refractivity contribution in [3.63, 3.8) is 0 Å². The molecule has 2 N–H and O–H groups in total. The van der Waals surface area contributed by atoms with Gasteiger partial charge in [-0.2, -0.15) is 0 Å². The van der Waals surface area contributed by atoms with Crippen molar-refractivity contribution in [2.24, 2.45) is 34.0 Å². The van der Waals surface area contributed by atoms with E-state index < -0.39 is 23.0 Å². The number of carbonyl (C=O) groups excluding carboxylic acids is 1. The Balaban J connectivity index is 1.90. The van der Waals surface area contributed by atoms with Gasteiger partial charge in [-0.1, -0.05) is 63.6 Å². The molecule has 0 aliphatic heterocycles. The van der Waals surface area contributed by atoms with Crippen LogP contribution in [0.4, 0.5) is 0 Å². The van der Waals surface area contributed by atoms with Crippen LogP contribution in [0.1, 0.15) is 64.5 Å². The summed E-state index contributed by atoms with van der Waals surface area (Å²) in [6.45, 7) is 14.5. The first-order chi connectivity index (χ1) is 14.5. The number of aliphatic hydroxyl groups excluding tert-OH is 2. The van der Waals surface area contributed by atoms with Crippen LogP contribution in [-0.4, -0.2) is 28.2 Å². The lowest BCUT2D eigenvalue weighted by molar-refractivity contribution is -0.191. The Kier molecular flexibility index (Phi) is 5.38. The van der Waals surface area contributed by atoms with E-state index in [9.17, 15) is 15.0 Å². The monoisotopic (exact) mass is 422 g/mol. The van der Waals surface area contributed by atoms with E-state index in [-0.39, 0.29) is 29.0 Å². The Hall–Kier alpha value is -1.71. The third-order valence-corrected chi connectivity index (χ3v) is 9.66. The van der Waals surface area contributed by atoms with E-state index in [1.54, 1.807) is 0 Å². The molecule has 31 heavy (non-hydrogen) atoms. The number of aliphatic hydroxyl groups is 2. The average Bonchev–Trinajstić information content (AvgIpc) is 3.02. The van der Waals surface area contributed by atoms with Crippen molar-refractivity contribution in [3.05, 3.63) is 53.6 Å². The quantitative estimate of drug-likeness (QED) is 0.499. The molecule has 0 radical (unpaired) electrons. The first-order valence-electron chi connectivity index (χ1n) is 11.8. The lowest BCUT2D eigenvalue weighted by Crippen LogP contribution is -2.62. The van der Waals surface area contributed by atoms with Crippen LogP contribution in [0.15, 0.2) is 42.5 Å². The maximum atomic E-state index is 14.0. The first kappa shape index (κ1) is 22.5. The van der Waals surface area contributed by atoms with Gasteiger partial charge in [-0.05, 0) is 67.1 Å². The van der Waals surface area contributed by atoms with Crippen molar-refractivity contribution in [2.75, 3.05) is 0 Å². The van der Waals surface area contributed by atoms with Gasteiger partial charge in [0.2, 0.25) is 0 Å².